The minimum Gasteiger partial charge on any atom is -0.373 e. The molecule has 3 aliphatic rings. The second-order valence-corrected chi connectivity index (χ2v) is 7.32. The molecular formula is C16H28N2O2. The first-order valence-electron chi connectivity index (χ1n) is 8.25. The number of nitrogens with two attached hydrogens (primary N) is 1. The van der Waals surface area contributed by atoms with Crippen molar-refractivity contribution in [1.82, 2.24) is 5.32 Å². The van der Waals surface area contributed by atoms with Crippen molar-refractivity contribution in [2.45, 2.75) is 63.5 Å². The van der Waals surface area contributed by atoms with Gasteiger partial charge in [-0.15, -0.1) is 0 Å². The standard InChI is InChI=1S/C16H28N2O2/c1-16(6-3-7-20-16)10-18-15(19)13-8-11-4-2-5-12(9-13)14(11)17/h11-14H,2-10,17H2,1H3,(H,18,19). The predicted molar refractivity (Wildman–Crippen MR) is 78.1 cm³/mol. The van der Waals surface area contributed by atoms with E-state index in [0.717, 1.165) is 32.3 Å². The summed E-state index contributed by atoms with van der Waals surface area (Å²) in [5.74, 6) is 1.54. The largest absolute Gasteiger partial charge is 0.373 e. The molecule has 1 saturated heterocycles. The van der Waals surface area contributed by atoms with Crippen LogP contribution in [0.15, 0.2) is 0 Å². The van der Waals surface area contributed by atoms with E-state index < -0.39 is 0 Å². The second-order valence-electron chi connectivity index (χ2n) is 7.32. The first-order valence-corrected chi connectivity index (χ1v) is 8.25. The van der Waals surface area contributed by atoms with Crippen molar-refractivity contribution < 1.29 is 9.53 Å². The molecule has 1 heterocycles. The molecule has 3 unspecified atom stereocenters. The topological polar surface area (TPSA) is 64.4 Å². The number of hydrogen-bond donors (Lipinski definition) is 2. The maximum Gasteiger partial charge on any atom is 0.223 e. The van der Waals surface area contributed by atoms with E-state index in [0.29, 0.717) is 24.4 Å². The molecule has 0 aromatic carbocycles. The van der Waals surface area contributed by atoms with Crippen LogP contribution in [-0.2, 0) is 9.53 Å². The third-order valence-corrected chi connectivity index (χ3v) is 5.72. The minimum absolute atomic E-state index is 0.142. The molecule has 2 bridgehead atoms. The molecule has 2 aliphatic carbocycles. The van der Waals surface area contributed by atoms with Crippen molar-refractivity contribution in [2.24, 2.45) is 23.5 Å². The Morgan fingerprint density at radius 1 is 1.30 bits per heavy atom. The van der Waals surface area contributed by atoms with Gasteiger partial charge in [-0.1, -0.05) is 6.42 Å². The second kappa shape index (κ2) is 5.64. The SMILES string of the molecule is CC1(CNC(=O)C2CC3CCCC(C2)C3N)CCCO1. The first kappa shape index (κ1) is 14.3. The third-order valence-electron chi connectivity index (χ3n) is 5.72. The van der Waals surface area contributed by atoms with Gasteiger partial charge in [-0.05, 0) is 57.3 Å². The van der Waals surface area contributed by atoms with Crippen LogP contribution in [0.3, 0.4) is 0 Å². The summed E-state index contributed by atoms with van der Waals surface area (Å²) in [6.07, 6.45) is 7.85. The number of carbonyl (C=O) groups is 1. The summed E-state index contributed by atoms with van der Waals surface area (Å²) >= 11 is 0. The van der Waals surface area contributed by atoms with Gasteiger partial charge in [0, 0.05) is 25.1 Å². The van der Waals surface area contributed by atoms with Gasteiger partial charge in [0.1, 0.15) is 0 Å². The number of amides is 1. The summed E-state index contributed by atoms with van der Waals surface area (Å²) in [5.41, 5.74) is 6.15. The zero-order valence-corrected chi connectivity index (χ0v) is 12.6. The van der Waals surface area contributed by atoms with Crippen molar-refractivity contribution in [1.29, 1.82) is 0 Å². The van der Waals surface area contributed by atoms with Crippen molar-refractivity contribution in [3.8, 4) is 0 Å². The molecule has 0 radical (unpaired) electrons. The van der Waals surface area contributed by atoms with E-state index in [4.69, 9.17) is 10.5 Å². The Balaban J connectivity index is 1.53. The normalized spacial score (nSPS) is 44.3. The summed E-state index contributed by atoms with van der Waals surface area (Å²) in [6.45, 7) is 3.59. The fourth-order valence-electron chi connectivity index (χ4n) is 4.40. The van der Waals surface area contributed by atoms with Crippen molar-refractivity contribution >= 4 is 5.91 Å². The van der Waals surface area contributed by atoms with E-state index in [1.54, 1.807) is 0 Å². The molecule has 3 fully saturated rings. The maximum atomic E-state index is 12.4. The molecule has 114 valence electrons. The smallest absolute Gasteiger partial charge is 0.223 e. The number of hydrogen-bond acceptors (Lipinski definition) is 3. The number of rotatable bonds is 3. The van der Waals surface area contributed by atoms with Crippen LogP contribution < -0.4 is 11.1 Å². The summed E-state index contributed by atoms with van der Waals surface area (Å²) in [6, 6.07) is 0.337. The van der Waals surface area contributed by atoms with Gasteiger partial charge in [0.05, 0.1) is 5.60 Å². The Morgan fingerprint density at radius 3 is 2.60 bits per heavy atom. The van der Waals surface area contributed by atoms with Gasteiger partial charge in [0.25, 0.3) is 0 Å². The zero-order valence-electron chi connectivity index (χ0n) is 12.6. The van der Waals surface area contributed by atoms with Crippen LogP contribution in [0.5, 0.6) is 0 Å². The van der Waals surface area contributed by atoms with Gasteiger partial charge in [-0.25, -0.2) is 0 Å². The van der Waals surface area contributed by atoms with Gasteiger partial charge >= 0.3 is 0 Å². The molecule has 3 N–H and O–H groups in total. The maximum absolute atomic E-state index is 12.4. The van der Waals surface area contributed by atoms with Gasteiger partial charge in [-0.2, -0.15) is 0 Å². The molecule has 0 spiro atoms. The van der Waals surface area contributed by atoms with E-state index >= 15 is 0 Å². The van der Waals surface area contributed by atoms with Gasteiger partial charge in [0.2, 0.25) is 5.91 Å². The molecule has 0 aromatic heterocycles. The zero-order chi connectivity index (χ0) is 14.2. The highest BCUT2D eigenvalue weighted by Gasteiger charge is 2.41. The number of carbonyl (C=O) groups excluding carboxylic acids is 1. The lowest BCUT2D eigenvalue weighted by Gasteiger charge is -2.43. The van der Waals surface area contributed by atoms with Crippen LogP contribution in [0.1, 0.15) is 51.9 Å². The molecule has 20 heavy (non-hydrogen) atoms. The minimum atomic E-state index is -0.142. The lowest BCUT2D eigenvalue weighted by molar-refractivity contribution is -0.129. The van der Waals surface area contributed by atoms with E-state index in [2.05, 4.69) is 12.2 Å². The quantitative estimate of drug-likeness (QED) is 0.829. The lowest BCUT2D eigenvalue weighted by Crippen LogP contribution is -2.50. The van der Waals surface area contributed by atoms with Crippen LogP contribution >= 0.6 is 0 Å². The van der Waals surface area contributed by atoms with Crippen LogP contribution in [-0.4, -0.2) is 30.7 Å². The van der Waals surface area contributed by atoms with Crippen LogP contribution in [0.4, 0.5) is 0 Å². The summed E-state index contributed by atoms with van der Waals surface area (Å²) in [7, 11) is 0. The number of fused-ring (bicyclic) bond motifs is 2. The average molecular weight is 280 g/mol. The van der Waals surface area contributed by atoms with Crippen molar-refractivity contribution in [3.05, 3.63) is 0 Å². The Morgan fingerprint density at radius 2 is 2.00 bits per heavy atom. The molecule has 2 saturated carbocycles. The first-order chi connectivity index (χ1) is 9.57. The van der Waals surface area contributed by atoms with E-state index in [9.17, 15) is 4.79 Å². The summed E-state index contributed by atoms with van der Waals surface area (Å²) < 4.78 is 5.74. The van der Waals surface area contributed by atoms with Crippen LogP contribution in [0.2, 0.25) is 0 Å². The van der Waals surface area contributed by atoms with Gasteiger partial charge < -0.3 is 15.8 Å². The van der Waals surface area contributed by atoms with E-state index in [1.807, 2.05) is 0 Å². The molecule has 4 nitrogen and oxygen atoms in total. The Hall–Kier alpha value is -0.610. The third kappa shape index (κ3) is 2.86. The van der Waals surface area contributed by atoms with Crippen molar-refractivity contribution in [2.75, 3.05) is 13.2 Å². The predicted octanol–water partition coefficient (Wildman–Crippen LogP) is 1.83. The molecule has 4 heteroatoms. The molecule has 1 amide bonds. The van der Waals surface area contributed by atoms with Crippen LogP contribution in [0, 0.1) is 17.8 Å². The summed E-state index contributed by atoms with van der Waals surface area (Å²) in [4.78, 5) is 12.4. The molecular weight excluding hydrogens is 252 g/mol. The van der Waals surface area contributed by atoms with E-state index in [1.165, 1.54) is 19.3 Å². The lowest BCUT2D eigenvalue weighted by atomic mass is 9.65. The monoisotopic (exact) mass is 280 g/mol. The molecule has 3 atom stereocenters. The van der Waals surface area contributed by atoms with Gasteiger partial charge in [0.15, 0.2) is 0 Å². The van der Waals surface area contributed by atoms with Crippen LogP contribution in [0.25, 0.3) is 0 Å². The van der Waals surface area contributed by atoms with Crippen molar-refractivity contribution in [3.63, 3.8) is 0 Å². The number of ether oxygens (including phenoxy) is 1. The highest BCUT2D eigenvalue weighted by Crippen LogP contribution is 2.41. The van der Waals surface area contributed by atoms with E-state index in [-0.39, 0.29) is 17.4 Å². The Bertz CT molecular complexity index is 351. The highest BCUT2D eigenvalue weighted by atomic mass is 16.5. The Kier molecular flexibility index (Phi) is 4.04. The molecule has 3 rings (SSSR count). The number of nitrogens with one attached hydrogen (secondary N) is 1. The molecule has 0 aromatic rings. The average Bonchev–Trinajstić information content (AvgIpc) is 2.83. The Labute approximate surface area is 121 Å². The summed E-state index contributed by atoms with van der Waals surface area (Å²) in [5, 5.41) is 3.13. The highest BCUT2D eigenvalue weighted by molar-refractivity contribution is 5.78. The fraction of sp³-hybridized carbons (Fsp3) is 0.938. The fourth-order valence-corrected chi connectivity index (χ4v) is 4.40. The molecule has 1 aliphatic heterocycles. The van der Waals surface area contributed by atoms with Gasteiger partial charge in [-0.3, -0.25) is 4.79 Å².